The molecule has 5 nitrogen and oxygen atoms in total. The Morgan fingerprint density at radius 1 is 1.37 bits per heavy atom. The molecular weight excluding hydrogens is 263 g/mol. The third-order valence-corrected chi connectivity index (χ3v) is 4.61. The Morgan fingerprint density at radius 3 is 2.63 bits per heavy atom. The van der Waals surface area contributed by atoms with Gasteiger partial charge in [0, 0.05) is 6.16 Å². The van der Waals surface area contributed by atoms with E-state index in [0.29, 0.717) is 23.9 Å². The molecule has 104 valence electrons. The van der Waals surface area contributed by atoms with Crippen LogP contribution >= 0.6 is 7.60 Å². The fourth-order valence-corrected chi connectivity index (χ4v) is 2.84. The number of benzene rings is 1. The summed E-state index contributed by atoms with van der Waals surface area (Å²) in [5, 5.41) is 9.00. The average molecular weight is 282 g/mol. The van der Waals surface area contributed by atoms with Gasteiger partial charge in [0.2, 0.25) is 0 Å². The maximum atomic E-state index is 12.1. The first-order chi connectivity index (χ1) is 9.06. The number of nitrogens with zero attached hydrogens (tertiary/aromatic N) is 1. The van der Waals surface area contributed by atoms with Gasteiger partial charge in [-0.3, -0.25) is 4.57 Å². The van der Waals surface area contributed by atoms with Crippen LogP contribution in [0.25, 0.3) is 0 Å². The van der Waals surface area contributed by atoms with Crippen molar-refractivity contribution in [3.8, 4) is 6.07 Å². The molecule has 0 amide bonds. The van der Waals surface area contributed by atoms with Crippen LogP contribution in [-0.4, -0.2) is 19.4 Å². The Kier molecular flexibility index (Phi) is 6.20. The van der Waals surface area contributed by atoms with E-state index in [1.165, 1.54) is 0 Å². The summed E-state index contributed by atoms with van der Waals surface area (Å²) in [6.45, 7) is 3.89. The van der Waals surface area contributed by atoms with Crippen LogP contribution in [0.2, 0.25) is 0 Å². The van der Waals surface area contributed by atoms with Gasteiger partial charge < -0.3 is 14.8 Å². The van der Waals surface area contributed by atoms with Crippen LogP contribution in [0.3, 0.4) is 0 Å². The lowest BCUT2D eigenvalue weighted by atomic mass is 10.0. The minimum Gasteiger partial charge on any atom is -0.322 e. The maximum Gasteiger partial charge on any atom is 0.330 e. The number of nitriles is 1. The number of hydrogen-bond acceptors (Lipinski definition) is 5. The smallest absolute Gasteiger partial charge is 0.322 e. The molecule has 2 N–H and O–H groups in total. The van der Waals surface area contributed by atoms with E-state index in [9.17, 15) is 4.57 Å². The molecule has 2 unspecified atom stereocenters. The van der Waals surface area contributed by atoms with E-state index in [0.717, 1.165) is 0 Å². The van der Waals surface area contributed by atoms with Gasteiger partial charge in [-0.1, -0.05) is 25.1 Å². The van der Waals surface area contributed by atoms with Gasteiger partial charge in [0.1, 0.15) is 0 Å². The zero-order valence-electron chi connectivity index (χ0n) is 11.2. The fourth-order valence-electron chi connectivity index (χ4n) is 1.62. The molecule has 0 aliphatic carbocycles. The molecule has 2 atom stereocenters. The summed E-state index contributed by atoms with van der Waals surface area (Å²) >= 11 is 0. The Labute approximate surface area is 113 Å². The quantitative estimate of drug-likeness (QED) is 0.777. The van der Waals surface area contributed by atoms with Gasteiger partial charge in [0.05, 0.1) is 30.9 Å². The topological polar surface area (TPSA) is 85.3 Å². The monoisotopic (exact) mass is 282 g/mol. The summed E-state index contributed by atoms with van der Waals surface area (Å²) in [7, 11) is -3.06. The van der Waals surface area contributed by atoms with E-state index < -0.39 is 13.6 Å². The van der Waals surface area contributed by atoms with Crippen molar-refractivity contribution in [1.82, 2.24) is 0 Å². The van der Waals surface area contributed by atoms with Crippen LogP contribution in [0.1, 0.15) is 31.0 Å². The van der Waals surface area contributed by atoms with Crippen LogP contribution in [0.5, 0.6) is 0 Å². The maximum absolute atomic E-state index is 12.1. The second-order valence-corrected chi connectivity index (χ2v) is 6.32. The number of nitrogens with two attached hydrogens (primary N) is 1. The summed E-state index contributed by atoms with van der Waals surface area (Å²) in [6, 6.07) is 8.61. The third kappa shape index (κ3) is 4.45. The highest BCUT2D eigenvalue weighted by atomic mass is 31.2. The molecule has 0 spiro atoms. The van der Waals surface area contributed by atoms with Crippen LogP contribution < -0.4 is 5.73 Å². The third-order valence-electron chi connectivity index (χ3n) is 2.64. The molecule has 1 rings (SSSR count). The van der Waals surface area contributed by atoms with Crippen LogP contribution in [-0.2, 0) is 13.6 Å². The van der Waals surface area contributed by atoms with Crippen molar-refractivity contribution in [3.05, 3.63) is 35.4 Å². The zero-order valence-corrected chi connectivity index (χ0v) is 12.1. The fraction of sp³-hybridized carbons (Fsp3) is 0.462. The second kappa shape index (κ2) is 7.42. The van der Waals surface area contributed by atoms with Crippen molar-refractivity contribution >= 4 is 7.60 Å². The van der Waals surface area contributed by atoms with E-state index in [2.05, 4.69) is 6.07 Å². The summed E-state index contributed by atoms with van der Waals surface area (Å²) < 4.78 is 22.6. The molecule has 0 radical (unpaired) electrons. The number of hydrogen-bond donors (Lipinski definition) is 1. The van der Waals surface area contributed by atoms with Gasteiger partial charge in [-0.25, -0.2) is 0 Å². The molecule has 1 aromatic carbocycles. The Hall–Kier alpha value is -1.18. The van der Waals surface area contributed by atoms with Gasteiger partial charge in [0.15, 0.2) is 0 Å². The highest BCUT2D eigenvalue weighted by Gasteiger charge is 2.23. The van der Waals surface area contributed by atoms with Gasteiger partial charge >= 0.3 is 7.60 Å². The minimum absolute atomic E-state index is 0.0593. The normalized spacial score (nSPS) is 15.5. The van der Waals surface area contributed by atoms with Gasteiger partial charge in [-0.15, -0.1) is 0 Å². The van der Waals surface area contributed by atoms with Gasteiger partial charge in [-0.2, -0.15) is 5.26 Å². The summed E-state index contributed by atoms with van der Waals surface area (Å²) in [5.41, 5.74) is 7.16. The summed E-state index contributed by atoms with van der Waals surface area (Å²) in [5.74, 6) is 0. The molecule has 1 aromatic rings. The summed E-state index contributed by atoms with van der Waals surface area (Å²) in [6.07, 6.45) is 0.299. The SMILES string of the molecule is CCOP(=O)(CC)OCC(N)c1ccccc1C#N. The molecular formula is C13H19N2O3P. The molecule has 0 saturated heterocycles. The van der Waals surface area contributed by atoms with Crippen LogP contribution in [0, 0.1) is 11.3 Å². The Balaban J connectivity index is 2.73. The Morgan fingerprint density at radius 2 is 2.05 bits per heavy atom. The first-order valence-corrected chi connectivity index (χ1v) is 7.91. The lowest BCUT2D eigenvalue weighted by Crippen LogP contribution is -2.18. The standard InChI is InChI=1S/C13H19N2O3P/c1-3-17-19(16,4-2)18-10-13(15)12-8-6-5-7-11(12)9-14/h5-8,13H,3-4,10,15H2,1-2H3. The Bertz CT molecular complexity index is 499. The highest BCUT2D eigenvalue weighted by molar-refractivity contribution is 7.53. The lowest BCUT2D eigenvalue weighted by molar-refractivity contribution is 0.202. The van der Waals surface area contributed by atoms with Gasteiger partial charge in [-0.05, 0) is 18.6 Å². The zero-order chi connectivity index (χ0) is 14.3. The van der Waals surface area contributed by atoms with Crippen molar-refractivity contribution in [2.75, 3.05) is 19.4 Å². The molecule has 19 heavy (non-hydrogen) atoms. The van der Waals surface area contributed by atoms with E-state index in [1.807, 2.05) is 0 Å². The van der Waals surface area contributed by atoms with E-state index in [1.54, 1.807) is 38.1 Å². The molecule has 0 bridgehead atoms. The van der Waals surface area contributed by atoms with Crippen molar-refractivity contribution in [1.29, 1.82) is 5.26 Å². The van der Waals surface area contributed by atoms with Crippen molar-refractivity contribution in [2.45, 2.75) is 19.9 Å². The predicted molar refractivity (Wildman–Crippen MR) is 73.8 cm³/mol. The van der Waals surface area contributed by atoms with E-state index in [-0.39, 0.29) is 6.61 Å². The highest BCUT2D eigenvalue weighted by Crippen LogP contribution is 2.48. The van der Waals surface area contributed by atoms with Crippen LogP contribution in [0.4, 0.5) is 0 Å². The molecule has 0 saturated carbocycles. The van der Waals surface area contributed by atoms with E-state index in [4.69, 9.17) is 20.0 Å². The van der Waals surface area contributed by atoms with Gasteiger partial charge in [0.25, 0.3) is 0 Å². The minimum atomic E-state index is -3.06. The van der Waals surface area contributed by atoms with E-state index >= 15 is 0 Å². The molecule has 0 fully saturated rings. The van der Waals surface area contributed by atoms with Crippen molar-refractivity contribution in [2.24, 2.45) is 5.73 Å². The van der Waals surface area contributed by atoms with Crippen molar-refractivity contribution in [3.63, 3.8) is 0 Å². The molecule has 0 aromatic heterocycles. The average Bonchev–Trinajstić information content (AvgIpc) is 2.45. The predicted octanol–water partition coefficient (Wildman–Crippen LogP) is 2.82. The summed E-state index contributed by atoms with van der Waals surface area (Å²) in [4.78, 5) is 0. The lowest BCUT2D eigenvalue weighted by Gasteiger charge is -2.19. The first-order valence-electron chi connectivity index (χ1n) is 6.19. The van der Waals surface area contributed by atoms with Crippen molar-refractivity contribution < 1.29 is 13.6 Å². The second-order valence-electron chi connectivity index (χ2n) is 3.95. The largest absolute Gasteiger partial charge is 0.330 e. The van der Waals surface area contributed by atoms with Crippen LogP contribution in [0.15, 0.2) is 24.3 Å². The number of rotatable bonds is 7. The molecule has 0 aliphatic rings. The molecule has 0 heterocycles. The molecule has 6 heteroatoms. The molecule has 0 aliphatic heterocycles. The first kappa shape index (κ1) is 15.9.